The van der Waals surface area contributed by atoms with E-state index in [1.54, 1.807) is 47.7 Å². The lowest BCUT2D eigenvalue weighted by molar-refractivity contribution is -0.150. The van der Waals surface area contributed by atoms with E-state index in [2.05, 4.69) is 81.6 Å². The van der Waals surface area contributed by atoms with E-state index >= 15 is 0 Å². The van der Waals surface area contributed by atoms with Crippen molar-refractivity contribution in [2.45, 2.75) is 308 Å². The number of halogens is 4. The predicted octanol–water partition coefficient (Wildman–Crippen LogP) is 13.1. The van der Waals surface area contributed by atoms with Gasteiger partial charge in [0.1, 0.15) is 47.3 Å². The molecule has 6 aromatic rings. The van der Waals surface area contributed by atoms with Crippen molar-refractivity contribution in [1.82, 2.24) is 66.0 Å². The minimum absolute atomic E-state index is 0.00922. The van der Waals surface area contributed by atoms with Crippen molar-refractivity contribution in [1.29, 1.82) is 0 Å². The number of aromatic amines is 2. The predicted molar refractivity (Wildman–Crippen MR) is 508 cm³/mol. The number of benzene rings is 4. The molecule has 0 bridgehead atoms. The maximum Gasteiger partial charge on any atom is 0.248 e. The average Bonchev–Trinajstić information content (AvgIpc) is 1.59. The number of H-pyrrole nitrogens is 2. The monoisotopic (exact) mass is 1860 g/mol. The second kappa shape index (κ2) is 46.7. The summed E-state index contributed by atoms with van der Waals surface area (Å²) in [4.78, 5) is 141. The van der Waals surface area contributed by atoms with Crippen LogP contribution in [0.2, 0.25) is 0 Å². The SMILES string of the molecule is CCO[C@@H]1C[C@@H]2CN(C(=O)[C@@H](NC(=O)[C@H](C)CC)C3CCC(F)(F)CC3)[C@H](C(=O)N[C@@H]3CCOc4ccccc43)CN2C1.CC[C@@H](C)C(=O)N[C@H](C(=O)N1CC[C@H]2CCN(CCc3ccccc3)C[C@H]21)C1CCCCC1.CC[C@H](CC(=O)[C@H](C)NC)C(=O)N1C[C@@H](O)CC1Cc1c(-c2[nH]c3cc(F)ccc3c2CC2C[C@H](O)CN2C(=O)[C@H](CC)NC(=O)[C@H](C)CC)[nH]c2cc(F)ccc12. The van der Waals surface area contributed by atoms with E-state index in [9.17, 15) is 70.9 Å². The van der Waals surface area contributed by atoms with E-state index in [1.165, 1.54) is 55.5 Å². The number of aromatic nitrogens is 2. The van der Waals surface area contributed by atoms with Crippen LogP contribution in [0.25, 0.3) is 33.2 Å². The second-order valence-corrected chi connectivity index (χ2v) is 39.7. The number of fused-ring (bicyclic) bond motifs is 5. The minimum Gasteiger partial charge on any atom is -0.493 e. The summed E-state index contributed by atoms with van der Waals surface area (Å²) in [6, 6.07) is 23.0. The number of hydrogen-bond donors (Lipinski definition) is 9. The highest BCUT2D eigenvalue weighted by Gasteiger charge is 2.51. The minimum atomic E-state index is -2.77. The number of nitrogens with zero attached hydrogens (tertiary/aromatic N) is 6. The fourth-order valence-corrected chi connectivity index (χ4v) is 21.9. The Morgan fingerprint density at radius 1 is 0.567 bits per heavy atom. The number of piperidine rings is 1. The van der Waals surface area contributed by atoms with E-state index in [-0.39, 0.29) is 165 Å². The number of likely N-dealkylation sites (N-methyl/N-ethyl adjacent to an activating group) is 1. The van der Waals surface area contributed by atoms with Crippen molar-refractivity contribution in [3.8, 4) is 17.1 Å². The van der Waals surface area contributed by atoms with Crippen LogP contribution in [0.1, 0.15) is 232 Å². The molecule has 30 heteroatoms. The number of aliphatic hydroxyl groups excluding tert-OH is 2. The maximum atomic E-state index is 14.8. The van der Waals surface area contributed by atoms with E-state index in [4.69, 9.17) is 9.47 Å². The Morgan fingerprint density at radius 2 is 1.12 bits per heavy atom. The largest absolute Gasteiger partial charge is 0.493 e. The summed E-state index contributed by atoms with van der Waals surface area (Å²) in [5, 5.41) is 38.5. The second-order valence-electron chi connectivity index (χ2n) is 39.7. The molecule has 9 heterocycles. The zero-order valence-electron chi connectivity index (χ0n) is 80.5. The van der Waals surface area contributed by atoms with Gasteiger partial charge < -0.3 is 80.7 Å². The molecule has 2 aromatic heterocycles. The van der Waals surface area contributed by atoms with Crippen molar-refractivity contribution in [3.05, 3.63) is 125 Å². The molecule has 0 radical (unpaired) electrons. The number of alkyl halides is 2. The number of nitrogens with one attached hydrogen (secondary N) is 7. The first-order valence-electron chi connectivity index (χ1n) is 50.1. The highest BCUT2D eigenvalue weighted by molar-refractivity contribution is 5.98. The zero-order chi connectivity index (χ0) is 95.9. The Hall–Kier alpha value is -9.33. The highest BCUT2D eigenvalue weighted by Crippen LogP contribution is 2.44. The van der Waals surface area contributed by atoms with Crippen LogP contribution in [0, 0.1) is 53.1 Å². The van der Waals surface area contributed by atoms with Crippen LogP contribution in [-0.4, -0.2) is 260 Å². The molecule has 8 fully saturated rings. The number of hydrogen-bond acceptors (Lipinski definition) is 16. The molecule has 8 amide bonds. The third-order valence-corrected chi connectivity index (χ3v) is 30.8. The lowest BCUT2D eigenvalue weighted by Gasteiger charge is -2.45. The van der Waals surface area contributed by atoms with Gasteiger partial charge in [-0.25, -0.2) is 17.6 Å². The molecule has 26 nitrogen and oxygen atoms in total. The molecular formula is C104H147F4N13O13. The zero-order valence-corrected chi connectivity index (χ0v) is 80.5. The number of β-amino-alcohol motifs (C(OH)–C–C–N with tert-alkyl or cyclic N) is 2. The molecule has 734 valence electrons. The summed E-state index contributed by atoms with van der Waals surface area (Å²) in [5.74, 6) is -5.10. The number of carbonyl (C=O) groups excluding carboxylic acids is 9. The number of ketones is 1. The van der Waals surface area contributed by atoms with Gasteiger partial charge >= 0.3 is 0 Å². The molecule has 0 spiro atoms. The van der Waals surface area contributed by atoms with Crippen molar-refractivity contribution < 1.29 is 80.4 Å². The van der Waals surface area contributed by atoms with Gasteiger partial charge in [0, 0.05) is 160 Å². The van der Waals surface area contributed by atoms with Gasteiger partial charge in [0.05, 0.1) is 48.4 Å². The normalized spacial score (nSPS) is 25.0. The first-order chi connectivity index (χ1) is 64.3. The molecule has 4 aromatic carbocycles. The Morgan fingerprint density at radius 3 is 1.69 bits per heavy atom. The number of likely N-dealkylation sites (tertiary alicyclic amines) is 4. The summed E-state index contributed by atoms with van der Waals surface area (Å²) in [6.45, 7) is 25.4. The van der Waals surface area contributed by atoms with Gasteiger partial charge in [-0.15, -0.1) is 0 Å². The van der Waals surface area contributed by atoms with Crippen LogP contribution < -0.4 is 31.3 Å². The van der Waals surface area contributed by atoms with Crippen molar-refractivity contribution in [2.75, 3.05) is 79.2 Å². The van der Waals surface area contributed by atoms with Crippen LogP contribution in [0.4, 0.5) is 17.6 Å². The molecular weight excluding hydrogens is 1720 g/mol. The van der Waals surface area contributed by atoms with Crippen molar-refractivity contribution >= 4 is 74.8 Å². The number of aliphatic hydroxyl groups is 2. The summed E-state index contributed by atoms with van der Waals surface area (Å²) in [7, 11) is 1.70. The van der Waals surface area contributed by atoms with Gasteiger partial charge in [0.15, 0.2) is 0 Å². The van der Waals surface area contributed by atoms with E-state index in [0.717, 1.165) is 87.1 Å². The molecule has 2 unspecified atom stereocenters. The van der Waals surface area contributed by atoms with Gasteiger partial charge in [0.25, 0.3) is 0 Å². The average molecular weight is 1860 g/mol. The molecule has 134 heavy (non-hydrogen) atoms. The lowest BCUT2D eigenvalue weighted by Crippen LogP contribution is -2.66. The van der Waals surface area contributed by atoms with Crippen LogP contribution in [-0.2, 0) is 67.2 Å². The Labute approximate surface area is 787 Å². The van der Waals surface area contributed by atoms with Gasteiger partial charge in [-0.1, -0.05) is 123 Å². The Bertz CT molecular complexity index is 4850. The summed E-state index contributed by atoms with van der Waals surface area (Å²) in [5.41, 5.74) is 5.97. The molecule has 9 N–H and O–H groups in total. The molecule has 18 atom stereocenters. The van der Waals surface area contributed by atoms with Crippen molar-refractivity contribution in [2.24, 2.45) is 41.4 Å². The number of amides is 8. The molecule has 2 aliphatic carbocycles. The van der Waals surface area contributed by atoms with Gasteiger partial charge in [0.2, 0.25) is 53.2 Å². The fourth-order valence-electron chi connectivity index (χ4n) is 21.9. The third-order valence-electron chi connectivity index (χ3n) is 30.8. The fraction of sp³-hybridized carbons (Fsp3) is 0.644. The molecule has 15 rings (SSSR count). The van der Waals surface area contributed by atoms with Gasteiger partial charge in [-0.05, 0) is 214 Å². The third kappa shape index (κ3) is 24.6. The van der Waals surface area contributed by atoms with Crippen molar-refractivity contribution in [3.63, 3.8) is 0 Å². The van der Waals surface area contributed by atoms with Crippen LogP contribution in [0.15, 0.2) is 91.0 Å². The number of piperazine rings is 1. The van der Waals surface area contributed by atoms with Crippen LogP contribution in [0.5, 0.6) is 5.75 Å². The van der Waals surface area contributed by atoms with Gasteiger partial charge in [-0.3, -0.25) is 48.1 Å². The van der Waals surface area contributed by atoms with Crippen LogP contribution >= 0.6 is 0 Å². The van der Waals surface area contributed by atoms with E-state index in [0.29, 0.717) is 117 Å². The highest BCUT2D eigenvalue weighted by atomic mass is 19.3. The number of rotatable bonds is 33. The lowest BCUT2D eigenvalue weighted by atomic mass is 9.81. The Balaban J connectivity index is 0.000000177. The number of para-hydroxylation sites is 1. The quantitative estimate of drug-likeness (QED) is 0.0173. The topological polar surface area (TPSA) is 324 Å². The molecule has 6 saturated heterocycles. The maximum absolute atomic E-state index is 14.8. The molecule has 2 saturated carbocycles. The number of Topliss-reactive ketones (excluding diaryl/α,β-unsaturated/α-hetero) is 1. The van der Waals surface area contributed by atoms with Crippen LogP contribution in [0.3, 0.4) is 0 Å². The molecule has 7 aliphatic heterocycles. The smallest absolute Gasteiger partial charge is 0.248 e. The summed E-state index contributed by atoms with van der Waals surface area (Å²) in [6.07, 6.45) is 12.5. The van der Waals surface area contributed by atoms with Gasteiger partial charge in [-0.2, -0.15) is 0 Å². The first kappa shape index (κ1) is 102. The Kier molecular flexibility index (Phi) is 35.6. The molecule has 9 aliphatic rings. The number of ether oxygens (including phenoxy) is 2. The number of carbonyl (C=O) groups is 9. The summed E-state index contributed by atoms with van der Waals surface area (Å²) >= 11 is 0. The van der Waals surface area contributed by atoms with E-state index < -0.39 is 77.9 Å². The standard InChI is InChI=1S/C44H58F2N6O6.C32H46F2N4O5.C28H43N3O2/c1-7-23(4)42(56)50-36(9-3)44(58)52-22-31(54)18-29(52)20-35-33-13-11-27(46)16-38(33)49-41(35)40-34(32-12-10-26(45)15-37(32)48-40)19-28-17-30(53)21-51(28)43(57)25(8-2)14-39(55)24(5)47-6;1-4-20(3)29(39)36-28(21-10-13-32(33,34)14-11-21)31(41)38-17-22-16-23(42-5-2)18-37(22)19-26(38)30(40)35-25-12-15-43-27-9-7-6-8-24(25)27;1-3-21(2)27(32)29-26(24-12-8-5-9-13-24)28(33)31-19-16-23-15-18-30(20-25(23)31)17-14-22-10-6-4-7-11-22/h10-13,15-16,23-25,28-31,36,47-49,53-54H,7-9,14,17-22H2,1-6H3,(H,50,56);6-9,20-23,25-26,28H,4-5,10-19H2,1-3H3,(H,35,40)(H,36,39);4,6-7,10-11,21,23-26H,3,5,8-9,12-20H2,1-2H3,(H,29,32)/t23-,24+,25-,28?,29?,30+,31+,36+;20-,22-,23-,25-,26+,28+;21-,23-,25-,26+/m111/s1. The van der Waals surface area contributed by atoms with E-state index in [1.807, 2.05) is 79.7 Å². The first-order valence-corrected chi connectivity index (χ1v) is 50.1. The summed E-state index contributed by atoms with van der Waals surface area (Å²) < 4.78 is 69.5.